The van der Waals surface area contributed by atoms with Gasteiger partial charge in [0.05, 0.1) is 5.69 Å². The van der Waals surface area contributed by atoms with E-state index >= 15 is 0 Å². The maximum atomic E-state index is 12.2. The molecule has 0 bridgehead atoms. The summed E-state index contributed by atoms with van der Waals surface area (Å²) >= 11 is 0. The van der Waals surface area contributed by atoms with E-state index in [0.717, 1.165) is 69.4 Å². The Morgan fingerprint density at radius 3 is 2.93 bits per heavy atom. The first-order valence-corrected chi connectivity index (χ1v) is 9.95. The van der Waals surface area contributed by atoms with Gasteiger partial charge in [0.1, 0.15) is 12.4 Å². The van der Waals surface area contributed by atoms with E-state index in [4.69, 9.17) is 16.1 Å². The molecule has 3 heterocycles. The Morgan fingerprint density at radius 1 is 1.25 bits per heavy atom. The summed E-state index contributed by atoms with van der Waals surface area (Å²) in [5.41, 5.74) is 2.06. The summed E-state index contributed by atoms with van der Waals surface area (Å²) in [4.78, 5) is 24.4. The number of anilines is 1. The number of likely N-dealkylation sites (tertiary alicyclic amines) is 1. The Balaban J connectivity index is 1.42. The van der Waals surface area contributed by atoms with E-state index in [1.807, 2.05) is 18.2 Å². The summed E-state index contributed by atoms with van der Waals surface area (Å²) in [7, 11) is 0. The number of benzene rings is 1. The zero-order valence-corrected chi connectivity index (χ0v) is 16.1. The quantitative estimate of drug-likeness (QED) is 0.782. The molecule has 0 spiro atoms. The molecule has 2 saturated heterocycles. The monoisotopic (exact) mass is 378 g/mol. The number of hydrogen-bond donors (Lipinski definition) is 1. The Morgan fingerprint density at radius 2 is 2.11 bits per heavy atom. The van der Waals surface area contributed by atoms with Crippen molar-refractivity contribution >= 4 is 5.95 Å². The lowest BCUT2D eigenvalue weighted by Crippen LogP contribution is -2.25. The third-order valence-corrected chi connectivity index (χ3v) is 5.47. The number of rotatable bonds is 6. The SMILES string of the molecule is C#CCOc1cccc(CN2CCC(c3cc(=O)[nH]c(N4CCCC4)n3)C2)c1. The molecule has 2 aliphatic rings. The highest BCUT2D eigenvalue weighted by molar-refractivity contribution is 5.33. The summed E-state index contributed by atoms with van der Waals surface area (Å²) in [5.74, 6) is 4.32. The van der Waals surface area contributed by atoms with Gasteiger partial charge in [-0.2, -0.15) is 0 Å². The molecule has 1 N–H and O–H groups in total. The minimum absolute atomic E-state index is 0.0521. The van der Waals surface area contributed by atoms with E-state index in [1.165, 1.54) is 5.56 Å². The number of aromatic amines is 1. The molecular formula is C22H26N4O2. The Labute approximate surface area is 165 Å². The lowest BCUT2D eigenvalue weighted by atomic mass is 10.0. The molecule has 1 unspecified atom stereocenters. The molecule has 0 radical (unpaired) electrons. The van der Waals surface area contributed by atoms with E-state index < -0.39 is 0 Å². The van der Waals surface area contributed by atoms with E-state index in [0.29, 0.717) is 5.92 Å². The summed E-state index contributed by atoms with van der Waals surface area (Å²) in [6.45, 7) is 4.98. The molecular weight excluding hydrogens is 352 g/mol. The van der Waals surface area contributed by atoms with Crippen molar-refractivity contribution in [2.24, 2.45) is 0 Å². The average Bonchev–Trinajstić information content (AvgIpc) is 3.38. The van der Waals surface area contributed by atoms with E-state index in [2.05, 4.69) is 26.8 Å². The first-order chi connectivity index (χ1) is 13.7. The number of terminal acetylenes is 1. The van der Waals surface area contributed by atoms with Crippen LogP contribution >= 0.6 is 0 Å². The maximum absolute atomic E-state index is 12.2. The second-order valence-electron chi connectivity index (χ2n) is 7.55. The predicted octanol–water partition coefficient (Wildman–Crippen LogP) is 2.37. The standard InChI is InChI=1S/C22H26N4O2/c1-2-12-28-19-7-5-6-17(13-19)15-25-11-8-18(16-25)20-14-21(27)24-22(23-20)26-9-3-4-10-26/h1,5-7,13-14,18H,3-4,8-12,15-16H2,(H,23,24,27). The molecule has 0 saturated carbocycles. The van der Waals surface area contributed by atoms with Crippen molar-refractivity contribution in [1.29, 1.82) is 0 Å². The van der Waals surface area contributed by atoms with Crippen LogP contribution in [0.1, 0.15) is 36.4 Å². The van der Waals surface area contributed by atoms with Gasteiger partial charge in [-0.1, -0.05) is 18.1 Å². The predicted molar refractivity (Wildman–Crippen MR) is 110 cm³/mol. The molecule has 2 aromatic rings. The van der Waals surface area contributed by atoms with Crippen LogP contribution in [0, 0.1) is 12.3 Å². The van der Waals surface area contributed by atoms with Crippen molar-refractivity contribution in [3.05, 3.63) is 51.9 Å². The number of aromatic nitrogens is 2. The number of ether oxygens (including phenoxy) is 1. The Bertz CT molecular complexity index is 911. The highest BCUT2D eigenvalue weighted by Gasteiger charge is 2.26. The Kier molecular flexibility index (Phi) is 5.63. The van der Waals surface area contributed by atoms with E-state index in [1.54, 1.807) is 6.07 Å². The number of H-pyrrole nitrogens is 1. The van der Waals surface area contributed by atoms with Crippen molar-refractivity contribution in [3.63, 3.8) is 0 Å². The van der Waals surface area contributed by atoms with Crippen LogP contribution in [-0.4, -0.2) is 47.7 Å². The molecule has 28 heavy (non-hydrogen) atoms. The first kappa shape index (κ1) is 18.6. The van der Waals surface area contributed by atoms with Crippen LogP contribution in [-0.2, 0) is 6.54 Å². The van der Waals surface area contributed by atoms with Gasteiger partial charge in [0.15, 0.2) is 0 Å². The molecule has 0 amide bonds. The zero-order chi connectivity index (χ0) is 19.3. The summed E-state index contributed by atoms with van der Waals surface area (Å²) in [6, 6.07) is 9.74. The van der Waals surface area contributed by atoms with Gasteiger partial charge in [-0.3, -0.25) is 14.7 Å². The molecule has 2 aliphatic heterocycles. The van der Waals surface area contributed by atoms with Crippen molar-refractivity contribution < 1.29 is 4.74 Å². The van der Waals surface area contributed by atoms with Crippen LogP contribution < -0.4 is 15.2 Å². The molecule has 146 valence electrons. The average molecular weight is 378 g/mol. The molecule has 1 atom stereocenters. The Hall–Kier alpha value is -2.78. The summed E-state index contributed by atoms with van der Waals surface area (Å²) < 4.78 is 5.52. The van der Waals surface area contributed by atoms with Crippen LogP contribution in [0.2, 0.25) is 0 Å². The van der Waals surface area contributed by atoms with Gasteiger partial charge in [0.2, 0.25) is 5.95 Å². The van der Waals surface area contributed by atoms with Gasteiger partial charge in [-0.05, 0) is 43.5 Å². The van der Waals surface area contributed by atoms with E-state index in [9.17, 15) is 4.79 Å². The topological polar surface area (TPSA) is 61.5 Å². The van der Waals surface area contributed by atoms with Gasteiger partial charge < -0.3 is 9.64 Å². The van der Waals surface area contributed by atoms with Crippen LogP contribution in [0.15, 0.2) is 35.1 Å². The first-order valence-electron chi connectivity index (χ1n) is 9.95. The van der Waals surface area contributed by atoms with Crippen molar-refractivity contribution in [1.82, 2.24) is 14.9 Å². The third-order valence-electron chi connectivity index (χ3n) is 5.47. The van der Waals surface area contributed by atoms with Crippen LogP contribution in [0.3, 0.4) is 0 Å². The van der Waals surface area contributed by atoms with Crippen molar-refractivity contribution in [2.75, 3.05) is 37.7 Å². The molecule has 6 heteroatoms. The highest BCUT2D eigenvalue weighted by Crippen LogP contribution is 2.28. The van der Waals surface area contributed by atoms with Crippen molar-refractivity contribution in [2.45, 2.75) is 31.7 Å². The molecule has 1 aromatic carbocycles. The minimum Gasteiger partial charge on any atom is -0.481 e. The normalized spacial score (nSPS) is 19.7. The minimum atomic E-state index is -0.0521. The molecule has 0 aliphatic carbocycles. The van der Waals surface area contributed by atoms with E-state index in [-0.39, 0.29) is 12.2 Å². The second kappa shape index (κ2) is 8.49. The zero-order valence-electron chi connectivity index (χ0n) is 16.1. The summed E-state index contributed by atoms with van der Waals surface area (Å²) in [6.07, 6.45) is 8.60. The van der Waals surface area contributed by atoms with Crippen LogP contribution in [0.4, 0.5) is 5.95 Å². The smallest absolute Gasteiger partial charge is 0.252 e. The molecule has 1 aromatic heterocycles. The largest absolute Gasteiger partial charge is 0.481 e. The van der Waals surface area contributed by atoms with Gasteiger partial charge in [-0.15, -0.1) is 6.42 Å². The highest BCUT2D eigenvalue weighted by atomic mass is 16.5. The van der Waals surface area contributed by atoms with Crippen LogP contribution in [0.5, 0.6) is 5.75 Å². The summed E-state index contributed by atoms with van der Waals surface area (Å²) in [5, 5.41) is 0. The lowest BCUT2D eigenvalue weighted by Gasteiger charge is -2.19. The molecule has 2 fully saturated rings. The fraction of sp³-hybridized carbons (Fsp3) is 0.455. The number of nitrogens with zero attached hydrogens (tertiary/aromatic N) is 3. The third kappa shape index (κ3) is 4.37. The number of hydrogen-bond acceptors (Lipinski definition) is 5. The van der Waals surface area contributed by atoms with Crippen molar-refractivity contribution in [3.8, 4) is 18.1 Å². The lowest BCUT2D eigenvalue weighted by molar-refractivity contribution is 0.324. The maximum Gasteiger partial charge on any atom is 0.252 e. The van der Waals surface area contributed by atoms with Gasteiger partial charge in [-0.25, -0.2) is 4.98 Å². The second-order valence-corrected chi connectivity index (χ2v) is 7.55. The van der Waals surface area contributed by atoms with Gasteiger partial charge in [0, 0.05) is 38.2 Å². The van der Waals surface area contributed by atoms with Gasteiger partial charge >= 0.3 is 0 Å². The van der Waals surface area contributed by atoms with Crippen LogP contribution in [0.25, 0.3) is 0 Å². The fourth-order valence-corrected chi connectivity index (χ4v) is 4.09. The fourth-order valence-electron chi connectivity index (χ4n) is 4.09. The van der Waals surface area contributed by atoms with Gasteiger partial charge in [0.25, 0.3) is 5.56 Å². The molecule has 4 rings (SSSR count). The molecule has 6 nitrogen and oxygen atoms in total. The number of nitrogens with one attached hydrogen (secondary N) is 1.